The van der Waals surface area contributed by atoms with Gasteiger partial charge in [-0.1, -0.05) is 6.92 Å². The minimum absolute atomic E-state index is 0.0274. The third kappa shape index (κ3) is 1.36. The van der Waals surface area contributed by atoms with Gasteiger partial charge in [0.15, 0.2) is 11.5 Å². The van der Waals surface area contributed by atoms with Crippen LogP contribution < -0.4 is 0 Å². The molecule has 25 heavy (non-hydrogen) atoms. The SMILES string of the molecule is COC(=O)[C@@]1(O)[C@@H]2C[C@]3([C@H](O)C(=O)O2)[C@@H](C)CC[C@@]3(O)[C@@]12COC2=O. The van der Waals surface area contributed by atoms with E-state index in [1.807, 2.05) is 0 Å². The van der Waals surface area contributed by atoms with Crippen LogP contribution in [0.4, 0.5) is 0 Å². The fourth-order valence-electron chi connectivity index (χ4n) is 5.79. The van der Waals surface area contributed by atoms with Crippen molar-refractivity contribution >= 4 is 17.9 Å². The van der Waals surface area contributed by atoms with E-state index in [2.05, 4.69) is 4.74 Å². The number of carbonyl (C=O) groups is 3. The first-order valence-corrected chi connectivity index (χ1v) is 8.22. The van der Waals surface area contributed by atoms with Crippen LogP contribution in [-0.4, -0.2) is 70.4 Å². The quantitative estimate of drug-likeness (QED) is 0.369. The number of esters is 3. The molecule has 0 amide bonds. The molecule has 0 unspecified atom stereocenters. The van der Waals surface area contributed by atoms with E-state index in [9.17, 15) is 29.7 Å². The molecule has 0 aromatic carbocycles. The van der Waals surface area contributed by atoms with Crippen LogP contribution in [-0.2, 0) is 28.6 Å². The van der Waals surface area contributed by atoms with Gasteiger partial charge in [-0.2, -0.15) is 0 Å². The summed E-state index contributed by atoms with van der Waals surface area (Å²) in [4.78, 5) is 37.3. The van der Waals surface area contributed by atoms with E-state index in [0.29, 0.717) is 6.42 Å². The van der Waals surface area contributed by atoms with Gasteiger partial charge >= 0.3 is 17.9 Å². The predicted molar refractivity (Wildman–Crippen MR) is 76.6 cm³/mol. The fourth-order valence-corrected chi connectivity index (χ4v) is 5.79. The Balaban J connectivity index is 2.03. The Morgan fingerprint density at radius 2 is 2.00 bits per heavy atom. The summed E-state index contributed by atoms with van der Waals surface area (Å²) in [5.41, 5.74) is -8.06. The maximum atomic E-state index is 12.5. The Morgan fingerprint density at radius 1 is 1.32 bits per heavy atom. The molecule has 2 heterocycles. The van der Waals surface area contributed by atoms with E-state index in [1.165, 1.54) is 0 Å². The average molecular weight is 356 g/mol. The van der Waals surface area contributed by atoms with Crippen LogP contribution in [0, 0.1) is 16.7 Å². The van der Waals surface area contributed by atoms with Crippen molar-refractivity contribution in [3.8, 4) is 0 Å². The number of cyclic esters (lactones) is 1. The number of hydrogen-bond donors (Lipinski definition) is 3. The van der Waals surface area contributed by atoms with Gasteiger partial charge in [-0.3, -0.25) is 4.79 Å². The second-order valence-corrected chi connectivity index (χ2v) is 7.61. The van der Waals surface area contributed by atoms with E-state index >= 15 is 0 Å². The zero-order valence-corrected chi connectivity index (χ0v) is 13.9. The van der Waals surface area contributed by atoms with Crippen molar-refractivity contribution in [3.63, 3.8) is 0 Å². The Morgan fingerprint density at radius 3 is 2.52 bits per heavy atom. The van der Waals surface area contributed by atoms with Crippen LogP contribution in [0.3, 0.4) is 0 Å². The third-order valence-electron chi connectivity index (χ3n) is 7.17. The lowest BCUT2D eigenvalue weighted by Gasteiger charge is -2.68. The van der Waals surface area contributed by atoms with Crippen LogP contribution in [0.5, 0.6) is 0 Å². The second kappa shape index (κ2) is 4.52. The van der Waals surface area contributed by atoms with Crippen LogP contribution in [0.15, 0.2) is 0 Å². The Kier molecular flexibility index (Phi) is 3.03. The largest absolute Gasteiger partial charge is 0.467 e. The number of aliphatic hydroxyl groups excluding tert-OH is 1. The van der Waals surface area contributed by atoms with Gasteiger partial charge in [0.05, 0.1) is 12.7 Å². The van der Waals surface area contributed by atoms with Gasteiger partial charge in [0.2, 0.25) is 5.60 Å². The van der Waals surface area contributed by atoms with E-state index < -0.39 is 58.8 Å². The van der Waals surface area contributed by atoms with Gasteiger partial charge in [-0.05, 0) is 25.2 Å². The summed E-state index contributed by atoms with van der Waals surface area (Å²) in [6, 6.07) is 0. The number of hydrogen-bond acceptors (Lipinski definition) is 9. The molecule has 0 aromatic rings. The topological polar surface area (TPSA) is 140 Å². The van der Waals surface area contributed by atoms with Crippen molar-refractivity contribution in [3.05, 3.63) is 0 Å². The van der Waals surface area contributed by atoms with Crippen molar-refractivity contribution in [2.75, 3.05) is 13.7 Å². The number of rotatable bonds is 1. The molecular weight excluding hydrogens is 336 g/mol. The summed E-state index contributed by atoms with van der Waals surface area (Å²) in [5, 5.41) is 33.6. The number of methoxy groups -OCH3 is 1. The maximum absolute atomic E-state index is 12.5. The van der Waals surface area contributed by atoms with E-state index in [0.717, 1.165) is 7.11 Å². The number of fused-ring (bicyclic) bond motifs is 2. The Labute approximate surface area is 142 Å². The summed E-state index contributed by atoms with van der Waals surface area (Å²) in [7, 11) is 1.03. The first-order valence-electron chi connectivity index (χ1n) is 8.22. The molecule has 2 bridgehead atoms. The highest BCUT2D eigenvalue weighted by Gasteiger charge is 2.90. The van der Waals surface area contributed by atoms with Crippen molar-refractivity contribution in [1.29, 1.82) is 0 Å². The highest BCUT2D eigenvalue weighted by molar-refractivity contribution is 5.97. The van der Waals surface area contributed by atoms with Gasteiger partial charge in [-0.15, -0.1) is 0 Å². The standard InChI is InChI=1S/C16H20O9/c1-7-3-4-15(21)13(7)5-8(25-10(18)9(13)17)16(22,12(20)23-2)14(15)6-24-11(14)19/h7-9,17,21-22H,3-6H2,1-2H3/t7-,8-,9+,13+,14-,15-,16-/m0/s1. The number of aliphatic hydroxyl groups is 3. The molecule has 7 atom stereocenters. The highest BCUT2D eigenvalue weighted by Crippen LogP contribution is 2.72. The maximum Gasteiger partial charge on any atom is 0.343 e. The second-order valence-electron chi connectivity index (χ2n) is 7.61. The lowest BCUT2D eigenvalue weighted by atomic mass is 9.42. The molecule has 4 aliphatic rings. The first-order chi connectivity index (χ1) is 11.6. The van der Waals surface area contributed by atoms with Crippen molar-refractivity contribution in [1.82, 2.24) is 0 Å². The average Bonchev–Trinajstić information content (AvgIpc) is 2.83. The zero-order valence-electron chi connectivity index (χ0n) is 13.9. The minimum Gasteiger partial charge on any atom is -0.467 e. The molecule has 2 saturated heterocycles. The highest BCUT2D eigenvalue weighted by atomic mass is 16.6. The number of ether oxygens (including phenoxy) is 3. The molecule has 0 radical (unpaired) electrons. The molecule has 4 fully saturated rings. The molecule has 2 aliphatic carbocycles. The molecule has 4 rings (SSSR count). The van der Waals surface area contributed by atoms with Crippen LogP contribution >= 0.6 is 0 Å². The molecule has 9 heteroatoms. The van der Waals surface area contributed by atoms with Crippen molar-refractivity contribution in [2.24, 2.45) is 16.7 Å². The summed E-state index contributed by atoms with van der Waals surface area (Å²) >= 11 is 0. The molecule has 138 valence electrons. The van der Waals surface area contributed by atoms with Crippen LogP contribution in [0.25, 0.3) is 0 Å². The van der Waals surface area contributed by atoms with Crippen LogP contribution in [0.2, 0.25) is 0 Å². The predicted octanol–water partition coefficient (Wildman–Crippen LogP) is -1.73. The third-order valence-corrected chi connectivity index (χ3v) is 7.17. The zero-order chi connectivity index (χ0) is 18.4. The first kappa shape index (κ1) is 16.7. The lowest BCUT2D eigenvalue weighted by molar-refractivity contribution is -0.357. The summed E-state index contributed by atoms with van der Waals surface area (Å²) in [6.07, 6.45) is -2.82. The molecule has 2 saturated carbocycles. The van der Waals surface area contributed by atoms with Crippen LogP contribution in [0.1, 0.15) is 26.2 Å². The van der Waals surface area contributed by atoms with E-state index in [4.69, 9.17) is 9.47 Å². The molecular formula is C16H20O9. The van der Waals surface area contributed by atoms with Gasteiger partial charge < -0.3 is 29.5 Å². The van der Waals surface area contributed by atoms with Gasteiger partial charge in [0.25, 0.3) is 0 Å². The van der Waals surface area contributed by atoms with E-state index in [-0.39, 0.29) is 18.8 Å². The summed E-state index contributed by atoms with van der Waals surface area (Å²) in [5.74, 6) is -3.51. The van der Waals surface area contributed by atoms with Gasteiger partial charge in [-0.25, -0.2) is 9.59 Å². The van der Waals surface area contributed by atoms with Crippen molar-refractivity contribution in [2.45, 2.75) is 49.6 Å². The summed E-state index contributed by atoms with van der Waals surface area (Å²) in [6.45, 7) is 1.33. The normalized spacial score (nSPS) is 53.6. The smallest absolute Gasteiger partial charge is 0.343 e. The van der Waals surface area contributed by atoms with E-state index in [1.54, 1.807) is 6.92 Å². The minimum atomic E-state index is -2.59. The monoisotopic (exact) mass is 356 g/mol. The lowest BCUT2D eigenvalue weighted by Crippen LogP contribution is -2.88. The van der Waals surface area contributed by atoms with Gasteiger partial charge in [0.1, 0.15) is 12.7 Å². The van der Waals surface area contributed by atoms with Gasteiger partial charge in [0, 0.05) is 5.41 Å². The molecule has 2 aliphatic heterocycles. The van der Waals surface area contributed by atoms with Crippen molar-refractivity contribution < 1.29 is 43.9 Å². The number of carbonyl (C=O) groups excluding carboxylic acids is 3. The molecule has 0 aromatic heterocycles. The molecule has 9 nitrogen and oxygen atoms in total. The molecule has 3 N–H and O–H groups in total. The molecule has 2 spiro atoms. The fraction of sp³-hybridized carbons (Fsp3) is 0.812. The Hall–Kier alpha value is -1.71. The Bertz CT molecular complexity index is 691. The summed E-state index contributed by atoms with van der Waals surface area (Å²) < 4.78 is 14.7.